The highest BCUT2D eigenvalue weighted by Crippen LogP contribution is 2.24. The molecule has 1 saturated heterocycles. The first-order chi connectivity index (χ1) is 15.0. The quantitative estimate of drug-likeness (QED) is 0.800. The Kier molecular flexibility index (Phi) is 5.03. The summed E-state index contributed by atoms with van der Waals surface area (Å²) < 4.78 is 2.92. The zero-order chi connectivity index (χ0) is 21.5. The minimum Gasteiger partial charge on any atom is -0.341 e. The first-order valence-corrected chi connectivity index (χ1v) is 11.1. The van der Waals surface area contributed by atoms with E-state index in [0.29, 0.717) is 25.5 Å². The van der Waals surface area contributed by atoms with Gasteiger partial charge in [0, 0.05) is 19.1 Å². The molecule has 0 spiro atoms. The average Bonchev–Trinajstić information content (AvgIpc) is 3.29. The topological polar surface area (TPSA) is 92.5 Å². The summed E-state index contributed by atoms with van der Waals surface area (Å²) >= 11 is 0. The minimum atomic E-state index is -0.730. The zero-order valence-electron chi connectivity index (χ0n) is 17.8. The summed E-state index contributed by atoms with van der Waals surface area (Å²) in [5, 5.41) is 7.52. The summed E-state index contributed by atoms with van der Waals surface area (Å²) in [6, 6.07) is 7.26. The predicted octanol–water partition coefficient (Wildman–Crippen LogP) is 1.25. The molecule has 31 heavy (non-hydrogen) atoms. The van der Waals surface area contributed by atoms with Crippen LogP contribution in [0.2, 0.25) is 0 Å². The molecular formula is C22H28N6O3. The first kappa shape index (κ1) is 19.8. The fraction of sp³-hybridized carbons (Fsp3) is 0.545. The fourth-order valence-corrected chi connectivity index (χ4v) is 4.37. The molecule has 2 aromatic rings. The van der Waals surface area contributed by atoms with Crippen molar-refractivity contribution in [2.75, 3.05) is 19.6 Å². The summed E-state index contributed by atoms with van der Waals surface area (Å²) in [5.74, 6) is 0.367. The van der Waals surface area contributed by atoms with Crippen LogP contribution in [0.15, 0.2) is 29.1 Å². The van der Waals surface area contributed by atoms with Crippen molar-refractivity contribution in [2.24, 2.45) is 0 Å². The Morgan fingerprint density at radius 3 is 2.48 bits per heavy atom. The van der Waals surface area contributed by atoms with Crippen LogP contribution in [0, 0.1) is 6.92 Å². The van der Waals surface area contributed by atoms with E-state index in [9.17, 15) is 14.4 Å². The van der Waals surface area contributed by atoms with Gasteiger partial charge in [-0.25, -0.2) is 14.3 Å². The summed E-state index contributed by atoms with van der Waals surface area (Å²) in [6.45, 7) is 4.16. The number of carbonyl (C=O) groups is 2. The van der Waals surface area contributed by atoms with Crippen LogP contribution in [0.25, 0.3) is 0 Å². The number of hydrogen-bond acceptors (Lipinski definition) is 4. The zero-order valence-corrected chi connectivity index (χ0v) is 17.8. The van der Waals surface area contributed by atoms with E-state index in [1.54, 1.807) is 9.80 Å². The van der Waals surface area contributed by atoms with E-state index in [1.165, 1.54) is 9.25 Å². The summed E-state index contributed by atoms with van der Waals surface area (Å²) in [5.41, 5.74) is 1.82. The van der Waals surface area contributed by atoms with Gasteiger partial charge >= 0.3 is 11.7 Å². The maximum absolute atomic E-state index is 13.3. The molecule has 1 saturated carbocycles. The number of fused-ring (bicyclic) bond motifs is 1. The van der Waals surface area contributed by atoms with E-state index in [2.05, 4.69) is 10.4 Å². The van der Waals surface area contributed by atoms with Crippen molar-refractivity contribution in [1.29, 1.82) is 0 Å². The lowest BCUT2D eigenvalue weighted by Gasteiger charge is -2.34. The highest BCUT2D eigenvalue weighted by molar-refractivity contribution is 5.83. The maximum atomic E-state index is 13.3. The molecular weight excluding hydrogens is 396 g/mol. The van der Waals surface area contributed by atoms with Crippen molar-refractivity contribution < 1.29 is 9.59 Å². The molecule has 2 aliphatic heterocycles. The second-order valence-electron chi connectivity index (χ2n) is 8.86. The van der Waals surface area contributed by atoms with Crippen molar-refractivity contribution in [2.45, 2.75) is 57.8 Å². The van der Waals surface area contributed by atoms with Crippen LogP contribution < -0.4 is 11.0 Å². The lowest BCUT2D eigenvalue weighted by Crippen LogP contribution is -2.52. The molecule has 1 aliphatic carbocycles. The molecule has 0 radical (unpaired) electrons. The van der Waals surface area contributed by atoms with Gasteiger partial charge in [-0.05, 0) is 38.2 Å². The Morgan fingerprint density at radius 2 is 1.81 bits per heavy atom. The van der Waals surface area contributed by atoms with Crippen molar-refractivity contribution in [1.82, 2.24) is 29.5 Å². The van der Waals surface area contributed by atoms with Gasteiger partial charge in [0.25, 0.3) is 0 Å². The second kappa shape index (κ2) is 7.86. The molecule has 0 bridgehead atoms. The first-order valence-electron chi connectivity index (χ1n) is 11.1. The number of likely N-dealkylation sites (tertiary alicyclic amines) is 1. The smallest absolute Gasteiger partial charge is 0.341 e. The third-order valence-corrected chi connectivity index (χ3v) is 6.33. The highest BCUT2D eigenvalue weighted by atomic mass is 16.2. The Balaban J connectivity index is 1.46. The van der Waals surface area contributed by atoms with Gasteiger partial charge in [-0.15, -0.1) is 0 Å². The summed E-state index contributed by atoms with van der Waals surface area (Å²) in [4.78, 5) is 42.7. The summed E-state index contributed by atoms with van der Waals surface area (Å²) in [7, 11) is 0. The minimum absolute atomic E-state index is 0.0975. The number of urea groups is 1. The van der Waals surface area contributed by atoms with Crippen LogP contribution in [0.4, 0.5) is 4.79 Å². The van der Waals surface area contributed by atoms with Gasteiger partial charge in [0.05, 0.1) is 19.6 Å². The van der Waals surface area contributed by atoms with E-state index >= 15 is 0 Å². The lowest BCUT2D eigenvalue weighted by atomic mass is 10.1. The van der Waals surface area contributed by atoms with Crippen LogP contribution in [-0.4, -0.2) is 61.8 Å². The van der Waals surface area contributed by atoms with E-state index in [4.69, 9.17) is 0 Å². The SMILES string of the molecule is Cc1ccc(Cn2nc3n(c2=O)C(C(=O)N2CCCC2)CN(C(=O)NC2CC2)C3)cc1. The van der Waals surface area contributed by atoms with Gasteiger partial charge in [-0.1, -0.05) is 29.8 Å². The molecule has 2 fully saturated rings. The number of carbonyl (C=O) groups excluding carboxylic acids is 2. The van der Waals surface area contributed by atoms with Gasteiger partial charge in [0.2, 0.25) is 5.91 Å². The molecule has 9 heteroatoms. The van der Waals surface area contributed by atoms with E-state index in [1.807, 2.05) is 31.2 Å². The Hall–Kier alpha value is -3.10. The number of aryl methyl sites for hydroxylation is 1. The van der Waals surface area contributed by atoms with Gasteiger partial charge < -0.3 is 15.1 Å². The maximum Gasteiger partial charge on any atom is 0.347 e. The number of benzene rings is 1. The number of hydrogen-bond donors (Lipinski definition) is 1. The van der Waals surface area contributed by atoms with E-state index in [0.717, 1.165) is 36.8 Å². The largest absolute Gasteiger partial charge is 0.347 e. The van der Waals surface area contributed by atoms with Crippen molar-refractivity contribution >= 4 is 11.9 Å². The number of rotatable bonds is 4. The van der Waals surface area contributed by atoms with E-state index in [-0.39, 0.29) is 36.8 Å². The Morgan fingerprint density at radius 1 is 1.10 bits per heavy atom. The van der Waals surface area contributed by atoms with Gasteiger partial charge in [0.1, 0.15) is 6.04 Å². The van der Waals surface area contributed by atoms with Crippen LogP contribution in [0.1, 0.15) is 48.7 Å². The van der Waals surface area contributed by atoms with Crippen LogP contribution in [0.3, 0.4) is 0 Å². The molecule has 1 aromatic heterocycles. The Bertz CT molecular complexity index is 1050. The second-order valence-corrected chi connectivity index (χ2v) is 8.86. The number of nitrogens with one attached hydrogen (secondary N) is 1. The summed E-state index contributed by atoms with van der Waals surface area (Å²) in [6.07, 6.45) is 3.93. The molecule has 164 valence electrons. The highest BCUT2D eigenvalue weighted by Gasteiger charge is 2.39. The number of aromatic nitrogens is 3. The molecule has 1 N–H and O–H groups in total. The third-order valence-electron chi connectivity index (χ3n) is 6.33. The fourth-order valence-electron chi connectivity index (χ4n) is 4.37. The molecule has 5 rings (SSSR count). The van der Waals surface area contributed by atoms with Crippen molar-refractivity contribution in [3.63, 3.8) is 0 Å². The number of amides is 3. The van der Waals surface area contributed by atoms with Crippen molar-refractivity contribution in [3.8, 4) is 0 Å². The molecule has 3 aliphatic rings. The van der Waals surface area contributed by atoms with Crippen molar-refractivity contribution in [3.05, 3.63) is 51.7 Å². The molecule has 9 nitrogen and oxygen atoms in total. The molecule has 1 aromatic carbocycles. The Labute approximate surface area is 180 Å². The average molecular weight is 425 g/mol. The number of nitrogens with zero attached hydrogens (tertiary/aromatic N) is 5. The monoisotopic (exact) mass is 424 g/mol. The normalized spacial score (nSPS) is 20.6. The van der Waals surface area contributed by atoms with Gasteiger partial charge in [-0.2, -0.15) is 5.10 Å². The standard InChI is InChI=1S/C22H28N6O3/c1-15-4-6-16(7-5-15)12-27-22(31)28-18(20(29)25-10-2-3-11-25)13-26(14-19(28)24-27)21(30)23-17-8-9-17/h4-7,17-18H,2-3,8-14H2,1H3,(H,23,30). The van der Waals surface area contributed by atoms with Crippen LogP contribution in [0.5, 0.6) is 0 Å². The lowest BCUT2D eigenvalue weighted by molar-refractivity contribution is -0.134. The predicted molar refractivity (Wildman–Crippen MR) is 114 cm³/mol. The van der Waals surface area contributed by atoms with Gasteiger partial charge in [0.15, 0.2) is 5.82 Å². The third kappa shape index (κ3) is 3.96. The van der Waals surface area contributed by atoms with Gasteiger partial charge in [-0.3, -0.25) is 9.36 Å². The van der Waals surface area contributed by atoms with E-state index < -0.39 is 6.04 Å². The molecule has 1 atom stereocenters. The van der Waals surface area contributed by atoms with Crippen LogP contribution >= 0.6 is 0 Å². The molecule has 3 amide bonds. The molecule has 1 unspecified atom stereocenters. The molecule has 3 heterocycles. The van der Waals surface area contributed by atoms with Crippen LogP contribution in [-0.2, 0) is 17.9 Å².